The van der Waals surface area contributed by atoms with Gasteiger partial charge in [0.25, 0.3) is 0 Å². The lowest BCUT2D eigenvalue weighted by Crippen LogP contribution is -2.03. The molecule has 0 amide bonds. The van der Waals surface area contributed by atoms with Gasteiger partial charge in [-0.25, -0.2) is 4.39 Å². The number of hydrogen-bond donors (Lipinski definition) is 0. The Morgan fingerprint density at radius 3 is 2.88 bits per heavy atom. The Morgan fingerprint density at radius 2 is 2.25 bits per heavy atom. The van der Waals surface area contributed by atoms with Crippen LogP contribution in [0.15, 0.2) is 34.9 Å². The minimum Gasteiger partial charge on any atom is -0.296 e. The van der Waals surface area contributed by atoms with Crippen LogP contribution in [-0.4, -0.2) is 16.1 Å². The van der Waals surface area contributed by atoms with Crippen molar-refractivity contribution in [1.29, 1.82) is 0 Å². The number of nitrogens with zero attached hydrogens (tertiary/aromatic N) is 2. The standard InChI is InChI=1S/C11H8BrFN2O/c12-9-2-1-8(11(13)5-9)6-15-4-3-10(7-16)14-15/h1-5,7H,6H2. The lowest BCUT2D eigenvalue weighted by atomic mass is 10.2. The summed E-state index contributed by atoms with van der Waals surface area (Å²) in [5.74, 6) is -0.294. The highest BCUT2D eigenvalue weighted by atomic mass is 79.9. The molecule has 0 atom stereocenters. The molecule has 0 fully saturated rings. The van der Waals surface area contributed by atoms with Gasteiger partial charge in [-0.15, -0.1) is 0 Å². The van der Waals surface area contributed by atoms with E-state index in [4.69, 9.17) is 0 Å². The number of halogens is 2. The number of aromatic nitrogens is 2. The van der Waals surface area contributed by atoms with E-state index in [0.29, 0.717) is 28.6 Å². The van der Waals surface area contributed by atoms with E-state index in [9.17, 15) is 9.18 Å². The average molecular weight is 283 g/mol. The van der Waals surface area contributed by atoms with Gasteiger partial charge in [-0.2, -0.15) is 5.10 Å². The SMILES string of the molecule is O=Cc1ccn(Cc2ccc(Br)cc2F)n1. The van der Waals surface area contributed by atoms with E-state index in [2.05, 4.69) is 21.0 Å². The topological polar surface area (TPSA) is 34.9 Å². The smallest absolute Gasteiger partial charge is 0.170 e. The van der Waals surface area contributed by atoms with Gasteiger partial charge >= 0.3 is 0 Å². The molecule has 0 radical (unpaired) electrons. The molecule has 0 aliphatic rings. The van der Waals surface area contributed by atoms with Crippen molar-refractivity contribution in [2.75, 3.05) is 0 Å². The van der Waals surface area contributed by atoms with Gasteiger partial charge in [0.2, 0.25) is 0 Å². The maximum atomic E-state index is 13.5. The molecule has 0 unspecified atom stereocenters. The Labute approximate surface area is 100 Å². The van der Waals surface area contributed by atoms with Crippen molar-refractivity contribution in [3.63, 3.8) is 0 Å². The molecule has 2 rings (SSSR count). The number of aldehydes is 1. The molecule has 3 nitrogen and oxygen atoms in total. The fourth-order valence-electron chi connectivity index (χ4n) is 1.35. The van der Waals surface area contributed by atoms with Crippen molar-refractivity contribution < 1.29 is 9.18 Å². The minimum absolute atomic E-state index is 0.294. The Morgan fingerprint density at radius 1 is 1.44 bits per heavy atom. The third-order valence-corrected chi connectivity index (χ3v) is 2.62. The maximum Gasteiger partial charge on any atom is 0.170 e. The van der Waals surface area contributed by atoms with Crippen molar-refractivity contribution in [2.45, 2.75) is 6.54 Å². The van der Waals surface area contributed by atoms with E-state index in [1.807, 2.05) is 0 Å². The van der Waals surface area contributed by atoms with Gasteiger partial charge in [0.05, 0.1) is 6.54 Å². The zero-order valence-corrected chi connectivity index (χ0v) is 9.82. The summed E-state index contributed by atoms with van der Waals surface area (Å²) in [5.41, 5.74) is 0.876. The molecule has 0 N–H and O–H groups in total. The highest BCUT2D eigenvalue weighted by molar-refractivity contribution is 9.10. The van der Waals surface area contributed by atoms with Crippen molar-refractivity contribution in [3.05, 3.63) is 52.0 Å². The molecule has 0 saturated carbocycles. The summed E-state index contributed by atoms with van der Waals surface area (Å²) in [4.78, 5) is 10.4. The second-order valence-electron chi connectivity index (χ2n) is 3.29. The predicted molar refractivity (Wildman–Crippen MR) is 60.8 cm³/mol. The molecular formula is C11H8BrFN2O. The minimum atomic E-state index is -0.294. The van der Waals surface area contributed by atoms with Crippen molar-refractivity contribution in [3.8, 4) is 0 Å². The Hall–Kier alpha value is -1.49. The van der Waals surface area contributed by atoms with Crippen molar-refractivity contribution in [2.24, 2.45) is 0 Å². The molecule has 16 heavy (non-hydrogen) atoms. The monoisotopic (exact) mass is 282 g/mol. The van der Waals surface area contributed by atoms with E-state index in [1.165, 1.54) is 10.7 Å². The van der Waals surface area contributed by atoms with Crippen LogP contribution in [0.3, 0.4) is 0 Å². The molecule has 0 aliphatic carbocycles. The molecule has 1 aromatic heterocycles. The molecule has 2 aromatic rings. The molecule has 5 heteroatoms. The van der Waals surface area contributed by atoms with E-state index >= 15 is 0 Å². The molecule has 82 valence electrons. The molecule has 0 saturated heterocycles. The van der Waals surface area contributed by atoms with E-state index in [-0.39, 0.29) is 5.82 Å². The molecule has 1 aromatic carbocycles. The van der Waals surface area contributed by atoms with E-state index in [1.54, 1.807) is 24.4 Å². The van der Waals surface area contributed by atoms with Gasteiger partial charge < -0.3 is 0 Å². The van der Waals surface area contributed by atoms with Crippen molar-refractivity contribution in [1.82, 2.24) is 9.78 Å². The molecule has 0 spiro atoms. The highest BCUT2D eigenvalue weighted by Gasteiger charge is 2.04. The largest absolute Gasteiger partial charge is 0.296 e. The summed E-state index contributed by atoms with van der Waals surface area (Å²) in [7, 11) is 0. The number of carbonyl (C=O) groups excluding carboxylic acids is 1. The van der Waals surface area contributed by atoms with E-state index in [0.717, 1.165) is 0 Å². The van der Waals surface area contributed by atoms with Crippen LogP contribution in [-0.2, 0) is 6.54 Å². The van der Waals surface area contributed by atoms with Crippen LogP contribution in [0.1, 0.15) is 16.1 Å². The summed E-state index contributed by atoms with van der Waals surface area (Å²) in [5, 5.41) is 3.96. The Kier molecular flexibility index (Phi) is 3.14. The van der Waals surface area contributed by atoms with Gasteiger partial charge in [-0.05, 0) is 18.2 Å². The molecule has 0 aliphatic heterocycles. The van der Waals surface area contributed by atoms with Gasteiger partial charge in [-0.1, -0.05) is 22.0 Å². The second-order valence-corrected chi connectivity index (χ2v) is 4.21. The Bertz CT molecular complexity index is 524. The maximum absolute atomic E-state index is 13.5. The molecule has 0 bridgehead atoms. The Balaban J connectivity index is 2.23. The summed E-state index contributed by atoms with van der Waals surface area (Å²) in [6.07, 6.45) is 2.31. The summed E-state index contributed by atoms with van der Waals surface area (Å²) in [6, 6.07) is 6.44. The fraction of sp³-hybridized carbons (Fsp3) is 0.0909. The third-order valence-electron chi connectivity index (χ3n) is 2.13. The van der Waals surface area contributed by atoms with Crippen LogP contribution in [0, 0.1) is 5.82 Å². The van der Waals surface area contributed by atoms with Crippen LogP contribution < -0.4 is 0 Å². The van der Waals surface area contributed by atoms with Gasteiger partial charge in [-0.3, -0.25) is 9.48 Å². The summed E-state index contributed by atoms with van der Waals surface area (Å²) >= 11 is 3.19. The number of benzene rings is 1. The third kappa shape index (κ3) is 2.36. The first kappa shape index (κ1) is 11.0. The predicted octanol–water partition coefficient (Wildman–Crippen LogP) is 2.65. The first-order valence-corrected chi connectivity index (χ1v) is 5.41. The lowest BCUT2D eigenvalue weighted by Gasteiger charge is -2.03. The molecular weight excluding hydrogens is 275 g/mol. The van der Waals surface area contributed by atoms with Crippen LogP contribution in [0.2, 0.25) is 0 Å². The summed E-state index contributed by atoms with van der Waals surface area (Å²) in [6.45, 7) is 0.312. The summed E-state index contributed by atoms with van der Waals surface area (Å²) < 4.78 is 15.7. The molecule has 1 heterocycles. The normalized spacial score (nSPS) is 10.4. The lowest BCUT2D eigenvalue weighted by molar-refractivity contribution is 0.111. The van der Waals surface area contributed by atoms with Gasteiger partial charge in [0, 0.05) is 16.2 Å². The van der Waals surface area contributed by atoms with Crippen LogP contribution in [0.5, 0.6) is 0 Å². The van der Waals surface area contributed by atoms with E-state index < -0.39 is 0 Å². The number of rotatable bonds is 3. The van der Waals surface area contributed by atoms with Crippen LogP contribution in [0.25, 0.3) is 0 Å². The second kappa shape index (κ2) is 4.57. The fourth-order valence-corrected chi connectivity index (χ4v) is 1.69. The van der Waals surface area contributed by atoms with Gasteiger partial charge in [0.15, 0.2) is 6.29 Å². The highest BCUT2D eigenvalue weighted by Crippen LogP contribution is 2.16. The zero-order valence-electron chi connectivity index (χ0n) is 8.23. The quantitative estimate of drug-likeness (QED) is 0.812. The van der Waals surface area contributed by atoms with Crippen molar-refractivity contribution >= 4 is 22.2 Å². The van der Waals surface area contributed by atoms with Crippen LogP contribution in [0.4, 0.5) is 4.39 Å². The van der Waals surface area contributed by atoms with Crippen LogP contribution >= 0.6 is 15.9 Å². The number of carbonyl (C=O) groups is 1. The number of hydrogen-bond acceptors (Lipinski definition) is 2. The van der Waals surface area contributed by atoms with Gasteiger partial charge in [0.1, 0.15) is 11.5 Å². The first-order valence-electron chi connectivity index (χ1n) is 4.61. The first-order chi connectivity index (χ1) is 7.69. The zero-order chi connectivity index (χ0) is 11.5. The average Bonchev–Trinajstić information content (AvgIpc) is 2.70.